The van der Waals surface area contributed by atoms with E-state index in [9.17, 15) is 4.79 Å². The summed E-state index contributed by atoms with van der Waals surface area (Å²) < 4.78 is 0. The summed E-state index contributed by atoms with van der Waals surface area (Å²) in [6.45, 7) is 2.20. The summed E-state index contributed by atoms with van der Waals surface area (Å²) in [6, 6.07) is 22.0. The van der Waals surface area contributed by atoms with Crippen LogP contribution in [0.2, 0.25) is 0 Å². The lowest BCUT2D eigenvalue weighted by molar-refractivity contribution is -0.119. The number of amides is 1. The van der Waals surface area contributed by atoms with E-state index >= 15 is 0 Å². The molecule has 0 aromatic heterocycles. The Morgan fingerprint density at radius 3 is 2.58 bits per heavy atom. The normalized spacial score (nSPS) is 10.9. The summed E-state index contributed by atoms with van der Waals surface area (Å²) in [5.41, 5.74) is 5.61. The molecule has 0 spiro atoms. The Bertz CT molecular complexity index is 864. The highest BCUT2D eigenvalue weighted by Crippen LogP contribution is 2.22. The number of nitrogens with one attached hydrogen (secondary N) is 2. The number of nitrogens with zero attached hydrogens (tertiary/aromatic N) is 1. The topological polar surface area (TPSA) is 53.5 Å². The maximum Gasteiger partial charge on any atom is 0.259 e. The number of carbonyl (C=O) groups is 1. The van der Waals surface area contributed by atoms with Gasteiger partial charge in [-0.25, -0.2) is 5.43 Å². The van der Waals surface area contributed by atoms with Crippen molar-refractivity contribution in [2.75, 3.05) is 11.9 Å². The minimum atomic E-state index is -0.189. The molecule has 0 aliphatic rings. The molecule has 120 valence electrons. The maximum absolute atomic E-state index is 11.9. The van der Waals surface area contributed by atoms with Crippen LogP contribution in [0.25, 0.3) is 10.8 Å². The molecule has 0 atom stereocenters. The first-order chi connectivity index (χ1) is 11.7. The van der Waals surface area contributed by atoms with Gasteiger partial charge in [0.25, 0.3) is 5.91 Å². The highest BCUT2D eigenvalue weighted by Gasteiger charge is 2.02. The summed E-state index contributed by atoms with van der Waals surface area (Å²) >= 11 is 0. The summed E-state index contributed by atoms with van der Waals surface area (Å²) in [5.74, 6) is -0.189. The van der Waals surface area contributed by atoms with Crippen LogP contribution in [0.5, 0.6) is 0 Å². The van der Waals surface area contributed by atoms with Gasteiger partial charge in [-0.3, -0.25) is 4.79 Å². The second-order valence-corrected chi connectivity index (χ2v) is 5.58. The number of rotatable bonds is 5. The van der Waals surface area contributed by atoms with Gasteiger partial charge < -0.3 is 5.32 Å². The molecule has 2 N–H and O–H groups in total. The molecule has 24 heavy (non-hydrogen) atoms. The van der Waals surface area contributed by atoms with Crippen LogP contribution in [0, 0.1) is 6.92 Å². The predicted octanol–water partition coefficient (Wildman–Crippen LogP) is 3.71. The Hall–Kier alpha value is -3.14. The molecule has 0 bridgehead atoms. The molecule has 0 saturated heterocycles. The maximum atomic E-state index is 11.9. The third kappa shape index (κ3) is 3.98. The third-order valence-electron chi connectivity index (χ3n) is 3.71. The monoisotopic (exact) mass is 317 g/mol. The van der Waals surface area contributed by atoms with Crippen LogP contribution in [-0.4, -0.2) is 18.7 Å². The van der Waals surface area contributed by atoms with Gasteiger partial charge in [-0.15, -0.1) is 0 Å². The molecule has 0 aliphatic heterocycles. The van der Waals surface area contributed by atoms with Gasteiger partial charge in [0.05, 0.1) is 12.8 Å². The average Bonchev–Trinajstić information content (AvgIpc) is 2.61. The molecule has 3 aromatic carbocycles. The molecule has 4 heteroatoms. The number of carbonyl (C=O) groups excluding carboxylic acids is 1. The zero-order valence-electron chi connectivity index (χ0n) is 13.5. The van der Waals surface area contributed by atoms with Crippen LogP contribution in [0.15, 0.2) is 71.8 Å². The molecule has 0 saturated carbocycles. The number of fused-ring (bicyclic) bond motifs is 1. The molecule has 0 unspecified atom stereocenters. The van der Waals surface area contributed by atoms with Crippen LogP contribution in [0.1, 0.15) is 11.1 Å². The van der Waals surface area contributed by atoms with Gasteiger partial charge in [-0.1, -0.05) is 66.2 Å². The van der Waals surface area contributed by atoms with Crippen molar-refractivity contribution in [3.05, 3.63) is 77.9 Å². The Labute approximate surface area is 141 Å². The van der Waals surface area contributed by atoms with E-state index < -0.39 is 0 Å². The molecule has 1 amide bonds. The highest BCUT2D eigenvalue weighted by molar-refractivity contribution is 5.95. The average molecular weight is 317 g/mol. The highest BCUT2D eigenvalue weighted by atomic mass is 16.2. The third-order valence-corrected chi connectivity index (χ3v) is 3.71. The van der Waals surface area contributed by atoms with E-state index in [0.29, 0.717) is 0 Å². The lowest BCUT2D eigenvalue weighted by Crippen LogP contribution is -2.25. The molecule has 3 aromatic rings. The van der Waals surface area contributed by atoms with Gasteiger partial charge >= 0.3 is 0 Å². The molecular formula is C20H19N3O. The zero-order valence-corrected chi connectivity index (χ0v) is 13.5. The van der Waals surface area contributed by atoms with Crippen molar-refractivity contribution in [3.63, 3.8) is 0 Å². The smallest absolute Gasteiger partial charge is 0.259 e. The summed E-state index contributed by atoms with van der Waals surface area (Å²) in [7, 11) is 0. The number of hydrogen-bond acceptors (Lipinski definition) is 3. The lowest BCUT2D eigenvalue weighted by atomic mass is 10.1. The summed E-state index contributed by atoms with van der Waals surface area (Å²) in [5, 5.41) is 9.37. The molecule has 4 nitrogen and oxygen atoms in total. The lowest BCUT2D eigenvalue weighted by Gasteiger charge is -2.08. The van der Waals surface area contributed by atoms with Gasteiger partial charge in [0.1, 0.15) is 0 Å². The minimum Gasteiger partial charge on any atom is -0.376 e. The van der Waals surface area contributed by atoms with Crippen molar-refractivity contribution in [3.8, 4) is 0 Å². The Balaban J connectivity index is 1.56. The molecule has 0 heterocycles. The molecular weight excluding hydrogens is 298 g/mol. The second-order valence-electron chi connectivity index (χ2n) is 5.58. The van der Waals surface area contributed by atoms with Gasteiger partial charge in [0, 0.05) is 11.1 Å². The van der Waals surface area contributed by atoms with Gasteiger partial charge in [0.15, 0.2) is 0 Å². The quantitative estimate of drug-likeness (QED) is 0.557. The number of benzene rings is 3. The summed E-state index contributed by atoms with van der Waals surface area (Å²) in [4.78, 5) is 11.9. The van der Waals surface area contributed by atoms with Crippen LogP contribution >= 0.6 is 0 Å². The Morgan fingerprint density at radius 1 is 1.00 bits per heavy atom. The fourth-order valence-electron chi connectivity index (χ4n) is 2.43. The van der Waals surface area contributed by atoms with E-state index in [4.69, 9.17) is 0 Å². The Kier molecular flexibility index (Phi) is 4.87. The van der Waals surface area contributed by atoms with Crippen LogP contribution in [0.3, 0.4) is 0 Å². The summed E-state index contributed by atoms with van der Waals surface area (Å²) in [6.07, 6.45) is 1.63. The number of hydrogen-bond donors (Lipinski definition) is 2. The molecule has 0 radical (unpaired) electrons. The standard InChI is InChI=1S/C20H19N3O/c1-15-9-11-16(12-10-15)13-22-23-20(24)14-21-19-8-4-6-17-5-2-3-7-18(17)19/h2-13,21H,14H2,1H3,(H,23,24)/b22-13+. The first-order valence-electron chi connectivity index (χ1n) is 7.82. The fraction of sp³-hybridized carbons (Fsp3) is 0.100. The van der Waals surface area contributed by atoms with Crippen LogP contribution in [-0.2, 0) is 4.79 Å². The molecule has 0 fully saturated rings. The second kappa shape index (κ2) is 7.42. The van der Waals surface area contributed by atoms with E-state index in [2.05, 4.69) is 15.8 Å². The van der Waals surface area contributed by atoms with Gasteiger partial charge in [-0.2, -0.15) is 5.10 Å². The number of anilines is 1. The van der Waals surface area contributed by atoms with E-state index in [1.807, 2.05) is 73.7 Å². The molecule has 0 aliphatic carbocycles. The van der Waals surface area contributed by atoms with Crippen LogP contribution in [0.4, 0.5) is 5.69 Å². The number of aryl methyl sites for hydroxylation is 1. The first kappa shape index (κ1) is 15.7. The predicted molar refractivity (Wildman–Crippen MR) is 99.4 cm³/mol. The van der Waals surface area contributed by atoms with E-state index in [-0.39, 0.29) is 12.5 Å². The van der Waals surface area contributed by atoms with E-state index in [1.54, 1.807) is 6.21 Å². The van der Waals surface area contributed by atoms with Crippen molar-refractivity contribution in [2.45, 2.75) is 6.92 Å². The zero-order chi connectivity index (χ0) is 16.8. The van der Waals surface area contributed by atoms with Crippen molar-refractivity contribution in [1.29, 1.82) is 0 Å². The van der Waals surface area contributed by atoms with Gasteiger partial charge in [-0.05, 0) is 23.9 Å². The van der Waals surface area contributed by atoms with Crippen LogP contribution < -0.4 is 10.7 Å². The van der Waals surface area contributed by atoms with Crippen molar-refractivity contribution in [2.24, 2.45) is 5.10 Å². The van der Waals surface area contributed by atoms with Gasteiger partial charge in [0.2, 0.25) is 0 Å². The minimum absolute atomic E-state index is 0.166. The van der Waals surface area contributed by atoms with E-state index in [1.165, 1.54) is 5.56 Å². The van der Waals surface area contributed by atoms with Crippen molar-refractivity contribution in [1.82, 2.24) is 5.43 Å². The largest absolute Gasteiger partial charge is 0.376 e. The SMILES string of the molecule is Cc1ccc(/C=N/NC(=O)CNc2cccc3ccccc23)cc1. The van der Waals surface area contributed by atoms with E-state index in [0.717, 1.165) is 22.0 Å². The van der Waals surface area contributed by atoms with Crippen molar-refractivity contribution < 1.29 is 4.79 Å². The Morgan fingerprint density at radius 2 is 1.75 bits per heavy atom. The molecule has 3 rings (SSSR count). The van der Waals surface area contributed by atoms with Crippen molar-refractivity contribution >= 4 is 28.6 Å². The number of hydrazone groups is 1. The first-order valence-corrected chi connectivity index (χ1v) is 7.82. The fourth-order valence-corrected chi connectivity index (χ4v) is 2.43.